The van der Waals surface area contributed by atoms with Gasteiger partial charge in [-0.3, -0.25) is 0 Å². The minimum atomic E-state index is -0.0283. The van der Waals surface area contributed by atoms with Gasteiger partial charge in [0.05, 0.1) is 66.1 Å². The van der Waals surface area contributed by atoms with Crippen molar-refractivity contribution in [1.82, 2.24) is 0 Å². The molecule has 0 spiro atoms. The largest absolute Gasteiger partial charge is 0.487 e. The maximum atomic E-state index is 8.90. The van der Waals surface area contributed by atoms with Gasteiger partial charge < -0.3 is 53.2 Å². The second-order valence-electron chi connectivity index (χ2n) is 9.78. The van der Waals surface area contributed by atoms with Crippen molar-refractivity contribution in [1.29, 1.82) is 0 Å². The minimum absolute atomic E-state index is 0.0143. The highest BCUT2D eigenvalue weighted by molar-refractivity contribution is 5.44. The van der Waals surface area contributed by atoms with Crippen LogP contribution in [0.3, 0.4) is 0 Å². The first-order valence-electron chi connectivity index (χ1n) is 15.6. The maximum Gasteiger partial charge on any atom is 0.161 e. The van der Waals surface area contributed by atoms with E-state index in [1.807, 2.05) is 30.3 Å². The van der Waals surface area contributed by atoms with Crippen LogP contribution in [0.4, 0.5) is 0 Å². The van der Waals surface area contributed by atoms with Gasteiger partial charge in [-0.05, 0) is 67.5 Å². The summed E-state index contributed by atoms with van der Waals surface area (Å²) < 4.78 is 45.1. The molecule has 0 heterocycles. The molecule has 2 aromatic carbocycles. The van der Waals surface area contributed by atoms with Crippen molar-refractivity contribution in [2.24, 2.45) is 0 Å². The minimum Gasteiger partial charge on any atom is -0.487 e. The fraction of sp³-hybridized carbons (Fsp3) is 0.636. The Morgan fingerprint density at radius 3 is 1.16 bits per heavy atom. The Morgan fingerprint density at radius 1 is 0.432 bits per heavy atom. The van der Waals surface area contributed by atoms with E-state index in [2.05, 4.69) is 13.0 Å². The molecule has 0 saturated heterocycles. The van der Waals surface area contributed by atoms with Crippen molar-refractivity contribution in [2.75, 3.05) is 99.1 Å². The number of ether oxygens (including phenoxy) is 8. The first-order chi connectivity index (χ1) is 21.7. The average Bonchev–Trinajstić information content (AvgIpc) is 3.04. The highest BCUT2D eigenvalue weighted by Gasteiger charge is 2.10. The number of hydrogen-bond acceptors (Lipinski definition) is 11. The zero-order valence-corrected chi connectivity index (χ0v) is 26.2. The predicted molar refractivity (Wildman–Crippen MR) is 166 cm³/mol. The number of hydrogen-bond donors (Lipinski definition) is 3. The quantitative estimate of drug-likeness (QED) is 0.115. The molecule has 11 heteroatoms. The van der Waals surface area contributed by atoms with Gasteiger partial charge in [-0.2, -0.15) is 0 Å². The molecule has 3 N–H and O–H groups in total. The number of benzene rings is 2. The Bertz CT molecular complexity index is 895. The molecule has 44 heavy (non-hydrogen) atoms. The molecule has 0 bridgehead atoms. The van der Waals surface area contributed by atoms with Crippen molar-refractivity contribution in [3.8, 4) is 23.0 Å². The molecule has 0 aliphatic rings. The second kappa shape index (κ2) is 25.7. The van der Waals surface area contributed by atoms with Crippen molar-refractivity contribution >= 4 is 0 Å². The number of aliphatic hydroxyl groups excluding tert-OH is 3. The first-order valence-corrected chi connectivity index (χ1v) is 15.6. The highest BCUT2D eigenvalue weighted by atomic mass is 16.6. The van der Waals surface area contributed by atoms with Crippen molar-refractivity contribution < 1.29 is 53.2 Å². The summed E-state index contributed by atoms with van der Waals surface area (Å²) in [5, 5.41) is 26.6. The van der Waals surface area contributed by atoms with E-state index in [1.165, 1.54) is 0 Å². The van der Waals surface area contributed by atoms with Crippen molar-refractivity contribution in [3.63, 3.8) is 0 Å². The monoisotopic (exact) mass is 624 g/mol. The van der Waals surface area contributed by atoms with E-state index in [0.29, 0.717) is 82.5 Å². The van der Waals surface area contributed by atoms with E-state index in [4.69, 9.17) is 53.2 Å². The Labute approximate surface area is 261 Å². The van der Waals surface area contributed by atoms with E-state index in [-0.39, 0.29) is 39.6 Å². The number of aryl methyl sites for hydroxylation is 2. The summed E-state index contributed by atoms with van der Waals surface area (Å²) in [4.78, 5) is 0. The Morgan fingerprint density at radius 2 is 0.795 bits per heavy atom. The third-order valence-corrected chi connectivity index (χ3v) is 6.19. The molecule has 2 rings (SSSR count). The number of rotatable bonds is 29. The van der Waals surface area contributed by atoms with Gasteiger partial charge in [0, 0.05) is 6.61 Å². The fourth-order valence-electron chi connectivity index (χ4n) is 4.13. The van der Waals surface area contributed by atoms with Crippen LogP contribution in [0.2, 0.25) is 0 Å². The van der Waals surface area contributed by atoms with E-state index in [1.54, 1.807) is 0 Å². The van der Waals surface area contributed by atoms with Crippen molar-refractivity contribution in [3.05, 3.63) is 47.5 Å². The molecular weight excluding hydrogens is 572 g/mol. The zero-order chi connectivity index (χ0) is 31.5. The lowest BCUT2D eigenvalue weighted by molar-refractivity contribution is 0.0644. The van der Waals surface area contributed by atoms with Crippen LogP contribution < -0.4 is 18.9 Å². The van der Waals surface area contributed by atoms with Gasteiger partial charge >= 0.3 is 0 Å². The Hall–Kier alpha value is -2.64. The van der Waals surface area contributed by atoms with Crippen LogP contribution in [-0.2, 0) is 31.8 Å². The topological polar surface area (TPSA) is 135 Å². The molecule has 11 nitrogen and oxygen atoms in total. The summed E-state index contributed by atoms with van der Waals surface area (Å²) in [6, 6.07) is 12.0. The summed E-state index contributed by atoms with van der Waals surface area (Å²) in [5.41, 5.74) is 2.31. The van der Waals surface area contributed by atoms with Crippen molar-refractivity contribution in [2.45, 2.75) is 39.0 Å². The lowest BCUT2D eigenvalue weighted by Crippen LogP contribution is -2.12. The molecule has 0 radical (unpaired) electrons. The second-order valence-corrected chi connectivity index (χ2v) is 9.78. The van der Waals surface area contributed by atoms with Crippen LogP contribution in [0.25, 0.3) is 0 Å². The Kier molecular flexibility index (Phi) is 21.9. The fourth-order valence-corrected chi connectivity index (χ4v) is 4.13. The van der Waals surface area contributed by atoms with Gasteiger partial charge in [-0.1, -0.05) is 19.1 Å². The molecule has 0 amide bonds. The van der Waals surface area contributed by atoms with Crippen LogP contribution in [0, 0.1) is 0 Å². The molecule has 0 fully saturated rings. The average molecular weight is 625 g/mol. The summed E-state index contributed by atoms with van der Waals surface area (Å²) in [6.45, 7) is 6.66. The summed E-state index contributed by atoms with van der Waals surface area (Å²) in [5.74, 6) is 2.61. The zero-order valence-electron chi connectivity index (χ0n) is 26.2. The number of unbranched alkanes of at least 4 members (excludes halogenated alkanes) is 1. The molecule has 2 aromatic rings. The van der Waals surface area contributed by atoms with E-state index in [9.17, 15) is 0 Å². The van der Waals surface area contributed by atoms with Gasteiger partial charge in [0.25, 0.3) is 0 Å². The third kappa shape index (κ3) is 17.0. The van der Waals surface area contributed by atoms with E-state index < -0.39 is 0 Å². The summed E-state index contributed by atoms with van der Waals surface area (Å²) >= 11 is 0. The van der Waals surface area contributed by atoms with Crippen LogP contribution in [0.5, 0.6) is 23.0 Å². The smallest absolute Gasteiger partial charge is 0.161 e. The molecule has 250 valence electrons. The highest BCUT2D eigenvalue weighted by Crippen LogP contribution is 2.31. The van der Waals surface area contributed by atoms with E-state index in [0.717, 1.165) is 43.2 Å². The van der Waals surface area contributed by atoms with Gasteiger partial charge in [0.1, 0.15) is 26.4 Å². The lowest BCUT2D eigenvalue weighted by Gasteiger charge is -2.15. The Balaban J connectivity index is 1.91. The molecule has 0 aliphatic carbocycles. The summed E-state index contributed by atoms with van der Waals surface area (Å²) in [6.07, 6.45) is 4.70. The van der Waals surface area contributed by atoms with Gasteiger partial charge in [0.15, 0.2) is 23.0 Å². The number of aliphatic hydroxyl groups is 3. The van der Waals surface area contributed by atoms with Crippen LogP contribution >= 0.6 is 0 Å². The van der Waals surface area contributed by atoms with Crippen LogP contribution in [0.1, 0.15) is 37.3 Å². The molecular formula is C33H52O11. The maximum absolute atomic E-state index is 8.90. The third-order valence-electron chi connectivity index (χ3n) is 6.19. The standard InChI is InChI=1S/C33H52O11/c1-2-14-37-18-24-43-32-26-28(7-9-30(32)41-22-19-38-15-11-34)5-3-4-6-29-8-10-31(42-23-20-39-16-12-35)33(27-29)44-25-21-40-17-13-36/h7-10,26-27,34-36H,2-6,11-25H2,1H3. The molecule has 0 aliphatic heterocycles. The first kappa shape index (κ1) is 37.5. The molecule has 0 saturated carbocycles. The van der Waals surface area contributed by atoms with Crippen LogP contribution in [-0.4, -0.2) is 114 Å². The molecule has 0 unspecified atom stereocenters. The SMILES string of the molecule is CCCOCCOc1cc(CCCCc2ccc(OCCOCCO)c(OCCOCCO)c2)ccc1OCCOCCO. The van der Waals surface area contributed by atoms with E-state index >= 15 is 0 Å². The van der Waals surface area contributed by atoms with Gasteiger partial charge in [0.2, 0.25) is 0 Å². The molecule has 0 atom stereocenters. The lowest BCUT2D eigenvalue weighted by atomic mass is 10.0. The van der Waals surface area contributed by atoms with Crippen LogP contribution in [0.15, 0.2) is 36.4 Å². The van der Waals surface area contributed by atoms with Gasteiger partial charge in [-0.15, -0.1) is 0 Å². The summed E-state index contributed by atoms with van der Waals surface area (Å²) in [7, 11) is 0. The normalized spacial score (nSPS) is 11.1. The molecule has 0 aromatic heterocycles. The van der Waals surface area contributed by atoms with Gasteiger partial charge in [-0.25, -0.2) is 0 Å². The predicted octanol–water partition coefficient (Wildman–Crippen LogP) is 3.22.